The lowest BCUT2D eigenvalue weighted by molar-refractivity contribution is -0.274. The van der Waals surface area contributed by atoms with E-state index in [9.17, 15) is 22.4 Å². The zero-order valence-corrected chi connectivity index (χ0v) is 20.0. The second-order valence-corrected chi connectivity index (χ2v) is 8.88. The fraction of sp³-hybridized carbons (Fsp3) is 0.429. The Kier molecular flexibility index (Phi) is 9.14. The molecule has 3 rings (SSSR count). The Morgan fingerprint density at radius 3 is 2.72 bits per heavy atom. The standard InChI is InChI=1S/C21H27F4N7O3S/c1-34-17(14-11-13(4-5-15(14)22)35-21(23,24)25)18(33)29-20-31-30-19(36-20)28-12-6-9-32(10-7-12)16(27)3-2-8-26/h2-5,8,11-12,17,20,31H,6-7,9-10,26-27H2,1H3,(H,28,30)(H,29,33)/b8-2-,16-3+. The maximum Gasteiger partial charge on any atom is 0.573 e. The average molecular weight is 534 g/mol. The molecule has 36 heavy (non-hydrogen) atoms. The molecule has 2 aliphatic heterocycles. The number of benzene rings is 1. The number of piperidine rings is 1. The third kappa shape index (κ3) is 7.58. The van der Waals surface area contributed by atoms with E-state index in [1.54, 1.807) is 12.2 Å². The Labute approximate surface area is 209 Å². The van der Waals surface area contributed by atoms with E-state index in [1.807, 2.05) is 4.90 Å². The van der Waals surface area contributed by atoms with Gasteiger partial charge >= 0.3 is 6.36 Å². The van der Waals surface area contributed by atoms with E-state index in [2.05, 4.69) is 25.9 Å². The van der Waals surface area contributed by atoms with Crippen LogP contribution in [0.15, 0.2) is 47.5 Å². The van der Waals surface area contributed by atoms with Crippen molar-refractivity contribution in [1.29, 1.82) is 0 Å². The highest BCUT2D eigenvalue weighted by Gasteiger charge is 2.33. The number of methoxy groups -OCH3 is 1. The summed E-state index contributed by atoms with van der Waals surface area (Å²) in [6, 6.07) is 2.49. The van der Waals surface area contributed by atoms with E-state index in [1.165, 1.54) is 18.0 Å². The van der Waals surface area contributed by atoms with Crippen molar-refractivity contribution in [3.05, 3.63) is 53.8 Å². The Morgan fingerprint density at radius 2 is 2.08 bits per heavy atom. The Hall–Kier alpha value is -3.33. The van der Waals surface area contributed by atoms with Gasteiger partial charge in [-0.3, -0.25) is 10.2 Å². The maximum absolute atomic E-state index is 14.3. The van der Waals surface area contributed by atoms with Crippen LogP contribution in [0.25, 0.3) is 0 Å². The number of likely N-dealkylation sites (tertiary alicyclic amines) is 1. The van der Waals surface area contributed by atoms with Gasteiger partial charge < -0.3 is 36.5 Å². The minimum Gasteiger partial charge on any atom is -0.406 e. The average Bonchev–Trinajstić information content (AvgIpc) is 3.26. The lowest BCUT2D eigenvalue weighted by Crippen LogP contribution is -2.45. The summed E-state index contributed by atoms with van der Waals surface area (Å²) in [4.78, 5) is 14.8. The SMILES string of the molecule is COC(C(=O)NC1NN=C(NC2CCN(/C(N)=C/C=C\N)CC2)S1)c1cc(OC(F)(F)F)ccc1F. The molecule has 0 aliphatic carbocycles. The van der Waals surface area contributed by atoms with E-state index in [0.717, 1.165) is 51.2 Å². The lowest BCUT2D eigenvalue weighted by Gasteiger charge is -2.34. The predicted molar refractivity (Wildman–Crippen MR) is 126 cm³/mol. The highest BCUT2D eigenvalue weighted by Crippen LogP contribution is 2.29. The lowest BCUT2D eigenvalue weighted by atomic mass is 10.1. The van der Waals surface area contributed by atoms with Crippen molar-refractivity contribution in [2.75, 3.05) is 20.2 Å². The van der Waals surface area contributed by atoms with Crippen molar-refractivity contribution in [2.45, 2.75) is 36.8 Å². The second-order valence-electron chi connectivity index (χ2n) is 7.78. The van der Waals surface area contributed by atoms with Gasteiger partial charge in [-0.2, -0.15) is 5.10 Å². The van der Waals surface area contributed by atoms with Gasteiger partial charge in [0.15, 0.2) is 16.8 Å². The van der Waals surface area contributed by atoms with Crippen LogP contribution in [0.1, 0.15) is 24.5 Å². The highest BCUT2D eigenvalue weighted by molar-refractivity contribution is 8.14. The van der Waals surface area contributed by atoms with Gasteiger partial charge in [-0.15, -0.1) is 13.2 Å². The van der Waals surface area contributed by atoms with Crippen molar-refractivity contribution in [2.24, 2.45) is 16.6 Å². The predicted octanol–water partition coefficient (Wildman–Crippen LogP) is 1.75. The Bertz CT molecular complexity index is 1010. The number of nitrogens with two attached hydrogens (primary N) is 2. The first-order valence-corrected chi connectivity index (χ1v) is 11.7. The van der Waals surface area contributed by atoms with Gasteiger partial charge in [0.2, 0.25) is 0 Å². The molecule has 2 atom stereocenters. The van der Waals surface area contributed by atoms with Crippen LogP contribution in [0.2, 0.25) is 0 Å². The summed E-state index contributed by atoms with van der Waals surface area (Å²) in [5.41, 5.74) is 13.0. The number of ether oxygens (including phenoxy) is 2. The molecule has 7 N–H and O–H groups in total. The van der Waals surface area contributed by atoms with Gasteiger partial charge in [-0.25, -0.2) is 4.39 Å². The molecule has 1 fully saturated rings. The van der Waals surface area contributed by atoms with E-state index >= 15 is 0 Å². The summed E-state index contributed by atoms with van der Waals surface area (Å²) in [6.45, 7) is 1.48. The van der Waals surface area contributed by atoms with Crippen LogP contribution in [0.5, 0.6) is 5.75 Å². The van der Waals surface area contributed by atoms with Crippen LogP contribution in [0, 0.1) is 5.82 Å². The normalized spacial score (nSPS) is 20.1. The molecule has 1 saturated heterocycles. The Balaban J connectivity index is 1.51. The molecule has 1 aromatic rings. The van der Waals surface area contributed by atoms with Crippen LogP contribution >= 0.6 is 11.8 Å². The molecule has 0 spiro atoms. The van der Waals surface area contributed by atoms with Crippen LogP contribution in [-0.4, -0.2) is 54.1 Å². The molecule has 0 bridgehead atoms. The number of nitrogens with zero attached hydrogens (tertiary/aromatic N) is 2. The number of hydrogen-bond donors (Lipinski definition) is 5. The molecule has 15 heteroatoms. The largest absolute Gasteiger partial charge is 0.573 e. The summed E-state index contributed by atoms with van der Waals surface area (Å²) in [6.07, 6.45) is -0.0633. The first-order chi connectivity index (χ1) is 17.1. The van der Waals surface area contributed by atoms with Crippen LogP contribution in [0.4, 0.5) is 17.6 Å². The number of carbonyl (C=O) groups excluding carboxylic acids is 1. The van der Waals surface area contributed by atoms with Crippen molar-refractivity contribution in [3.8, 4) is 5.75 Å². The fourth-order valence-electron chi connectivity index (χ4n) is 3.63. The summed E-state index contributed by atoms with van der Waals surface area (Å²) < 4.78 is 60.7. The third-order valence-corrected chi connectivity index (χ3v) is 6.20. The van der Waals surface area contributed by atoms with Gasteiger partial charge in [0.25, 0.3) is 5.91 Å². The highest BCUT2D eigenvalue weighted by atomic mass is 32.2. The quantitative estimate of drug-likeness (QED) is 0.250. The van der Waals surface area contributed by atoms with Gasteiger partial charge in [0.05, 0.1) is 5.82 Å². The van der Waals surface area contributed by atoms with Gasteiger partial charge in [0.1, 0.15) is 11.6 Å². The summed E-state index contributed by atoms with van der Waals surface area (Å²) >= 11 is 1.19. The molecular weight excluding hydrogens is 506 g/mol. The van der Waals surface area contributed by atoms with Gasteiger partial charge in [-0.05, 0) is 61.2 Å². The van der Waals surface area contributed by atoms with E-state index < -0.39 is 41.0 Å². The molecule has 2 heterocycles. The smallest absolute Gasteiger partial charge is 0.406 e. The van der Waals surface area contributed by atoms with Gasteiger partial charge in [0, 0.05) is 31.8 Å². The number of halogens is 4. The molecule has 198 valence electrons. The van der Waals surface area contributed by atoms with Gasteiger partial charge in [-0.1, -0.05) is 0 Å². The molecule has 0 aromatic heterocycles. The number of allylic oxidation sites excluding steroid dienone is 2. The summed E-state index contributed by atoms with van der Waals surface area (Å²) in [5, 5.41) is 10.6. The summed E-state index contributed by atoms with van der Waals surface area (Å²) in [5.74, 6) is -1.73. The molecule has 0 saturated carbocycles. The first-order valence-electron chi connectivity index (χ1n) is 10.8. The number of alkyl halides is 3. The molecule has 2 unspecified atom stereocenters. The number of rotatable bonds is 8. The topological polar surface area (TPSA) is 139 Å². The zero-order valence-electron chi connectivity index (χ0n) is 19.2. The Morgan fingerprint density at radius 1 is 1.36 bits per heavy atom. The monoisotopic (exact) mass is 533 g/mol. The zero-order chi connectivity index (χ0) is 26.3. The van der Waals surface area contributed by atoms with E-state index in [0.29, 0.717) is 11.0 Å². The minimum atomic E-state index is -4.97. The van der Waals surface area contributed by atoms with Crippen molar-refractivity contribution in [3.63, 3.8) is 0 Å². The number of nitrogens with one attached hydrogen (secondary N) is 3. The number of carbonyl (C=O) groups is 1. The third-order valence-electron chi connectivity index (χ3n) is 5.31. The fourth-order valence-corrected chi connectivity index (χ4v) is 4.47. The van der Waals surface area contributed by atoms with E-state index in [-0.39, 0.29) is 6.04 Å². The van der Waals surface area contributed by atoms with Crippen molar-refractivity contribution in [1.82, 2.24) is 21.0 Å². The molecule has 10 nitrogen and oxygen atoms in total. The first kappa shape index (κ1) is 27.3. The summed E-state index contributed by atoms with van der Waals surface area (Å²) in [7, 11) is 1.14. The number of amidine groups is 1. The second kappa shape index (κ2) is 12.1. The minimum absolute atomic E-state index is 0.138. The molecule has 1 amide bonds. The maximum atomic E-state index is 14.3. The number of thioether (sulfide) groups is 1. The molecular formula is C21H27F4N7O3S. The van der Waals surface area contributed by atoms with Crippen LogP contribution in [0.3, 0.4) is 0 Å². The van der Waals surface area contributed by atoms with Crippen LogP contribution < -0.4 is 32.3 Å². The van der Waals surface area contributed by atoms with E-state index in [4.69, 9.17) is 16.2 Å². The molecule has 2 aliphatic rings. The molecule has 1 aromatic carbocycles. The number of amides is 1. The van der Waals surface area contributed by atoms with Crippen molar-refractivity contribution < 1.29 is 31.8 Å². The molecule has 0 radical (unpaired) electrons. The number of hydrazone groups is 1. The van der Waals surface area contributed by atoms with Crippen LogP contribution in [-0.2, 0) is 9.53 Å². The number of hydrogen-bond acceptors (Lipinski definition) is 10. The van der Waals surface area contributed by atoms with Crippen molar-refractivity contribution >= 4 is 22.8 Å².